The number of ether oxygens (including phenoxy) is 2. The SMILES string of the molecule is CCN1C(=O)C=CCCOc2cc(F)ccc2CNC(=O)c2nc3n(c(=O)c2O)CC(OC)CCC31. The number of amides is 2. The molecule has 1 aromatic carbocycles. The summed E-state index contributed by atoms with van der Waals surface area (Å²) in [6, 6.07) is 3.32. The van der Waals surface area contributed by atoms with Gasteiger partial charge in [-0.05, 0) is 38.3 Å². The van der Waals surface area contributed by atoms with E-state index < -0.39 is 34.8 Å². The van der Waals surface area contributed by atoms with E-state index in [0.29, 0.717) is 31.4 Å². The molecule has 1 aromatic heterocycles. The number of hydrogen-bond donors (Lipinski definition) is 2. The van der Waals surface area contributed by atoms with Gasteiger partial charge in [0, 0.05) is 31.8 Å². The van der Waals surface area contributed by atoms with Crippen molar-refractivity contribution in [2.45, 2.75) is 51.4 Å². The highest BCUT2D eigenvalue weighted by Gasteiger charge is 2.34. The van der Waals surface area contributed by atoms with Gasteiger partial charge in [-0.15, -0.1) is 0 Å². The van der Waals surface area contributed by atoms with Crippen LogP contribution in [0.15, 0.2) is 35.1 Å². The van der Waals surface area contributed by atoms with Gasteiger partial charge in [0.05, 0.1) is 25.3 Å². The third kappa shape index (κ3) is 5.11. The highest BCUT2D eigenvalue weighted by molar-refractivity contribution is 5.94. The predicted molar refractivity (Wildman–Crippen MR) is 127 cm³/mol. The topological polar surface area (TPSA) is 123 Å². The first-order chi connectivity index (χ1) is 17.3. The first kappa shape index (κ1) is 25.4. The van der Waals surface area contributed by atoms with Crippen molar-refractivity contribution >= 4 is 11.8 Å². The molecule has 2 N–H and O–H groups in total. The van der Waals surface area contributed by atoms with Crippen LogP contribution in [0.1, 0.15) is 54.1 Å². The number of halogens is 1. The number of methoxy groups -OCH3 is 1. The minimum atomic E-state index is -0.794. The number of aromatic hydroxyl groups is 1. The summed E-state index contributed by atoms with van der Waals surface area (Å²) < 4.78 is 26.3. The van der Waals surface area contributed by atoms with E-state index in [2.05, 4.69) is 10.3 Å². The molecular weight excluding hydrogens is 471 g/mol. The van der Waals surface area contributed by atoms with Crippen LogP contribution in [0.25, 0.3) is 0 Å². The van der Waals surface area contributed by atoms with Crippen molar-refractivity contribution in [1.82, 2.24) is 19.8 Å². The minimum Gasteiger partial charge on any atom is -0.501 e. The second kappa shape index (κ2) is 10.9. The molecule has 0 saturated heterocycles. The van der Waals surface area contributed by atoms with E-state index in [0.717, 1.165) is 0 Å². The molecule has 2 amide bonds. The van der Waals surface area contributed by atoms with Crippen molar-refractivity contribution < 1.29 is 28.6 Å². The summed E-state index contributed by atoms with van der Waals surface area (Å²) >= 11 is 0. The Morgan fingerprint density at radius 3 is 2.83 bits per heavy atom. The molecule has 2 aliphatic rings. The number of hydrogen-bond acceptors (Lipinski definition) is 7. The van der Waals surface area contributed by atoms with Crippen LogP contribution in [-0.2, 0) is 22.6 Å². The predicted octanol–water partition coefficient (Wildman–Crippen LogP) is 2.06. The highest BCUT2D eigenvalue weighted by atomic mass is 19.1. The molecule has 36 heavy (non-hydrogen) atoms. The Kier molecular flexibility index (Phi) is 7.68. The van der Waals surface area contributed by atoms with Gasteiger partial charge in [-0.1, -0.05) is 12.1 Å². The van der Waals surface area contributed by atoms with E-state index in [1.165, 1.54) is 36.0 Å². The van der Waals surface area contributed by atoms with Crippen LogP contribution in [0, 0.1) is 5.82 Å². The Labute approximate surface area is 207 Å². The Morgan fingerprint density at radius 2 is 2.08 bits per heavy atom. The van der Waals surface area contributed by atoms with E-state index in [1.807, 2.05) is 6.92 Å². The maximum Gasteiger partial charge on any atom is 0.296 e. The van der Waals surface area contributed by atoms with Gasteiger partial charge < -0.3 is 24.8 Å². The van der Waals surface area contributed by atoms with Crippen molar-refractivity contribution in [3.63, 3.8) is 0 Å². The molecule has 2 aromatic rings. The lowest BCUT2D eigenvalue weighted by atomic mass is 10.1. The van der Waals surface area contributed by atoms with E-state index in [-0.39, 0.29) is 43.3 Å². The Balaban J connectivity index is 1.83. The first-order valence-electron chi connectivity index (χ1n) is 11.9. The largest absolute Gasteiger partial charge is 0.501 e. The number of nitrogens with zero attached hydrogens (tertiary/aromatic N) is 3. The van der Waals surface area contributed by atoms with Gasteiger partial charge in [-0.3, -0.25) is 19.0 Å². The molecule has 0 radical (unpaired) electrons. The first-order valence-corrected chi connectivity index (χ1v) is 11.9. The highest BCUT2D eigenvalue weighted by Crippen LogP contribution is 2.30. The third-order valence-electron chi connectivity index (χ3n) is 6.44. The maximum atomic E-state index is 13.8. The van der Waals surface area contributed by atoms with E-state index in [1.54, 1.807) is 11.0 Å². The lowest BCUT2D eigenvalue weighted by Gasteiger charge is -2.30. The van der Waals surface area contributed by atoms with Crippen molar-refractivity contribution in [1.29, 1.82) is 0 Å². The van der Waals surface area contributed by atoms with Crippen LogP contribution in [0.2, 0.25) is 0 Å². The summed E-state index contributed by atoms with van der Waals surface area (Å²) in [5.41, 5.74) is -0.728. The number of carbonyl (C=O) groups is 2. The number of fused-ring (bicyclic) bond motifs is 2. The van der Waals surface area contributed by atoms with Crippen molar-refractivity contribution in [2.24, 2.45) is 0 Å². The Morgan fingerprint density at radius 1 is 1.28 bits per heavy atom. The molecule has 0 spiro atoms. The van der Waals surface area contributed by atoms with Gasteiger partial charge in [0.2, 0.25) is 11.7 Å². The summed E-state index contributed by atoms with van der Waals surface area (Å²) in [5, 5.41) is 13.3. The molecule has 0 aliphatic carbocycles. The van der Waals surface area contributed by atoms with Crippen LogP contribution in [-0.4, -0.2) is 57.7 Å². The monoisotopic (exact) mass is 500 g/mol. The molecule has 2 atom stereocenters. The summed E-state index contributed by atoms with van der Waals surface area (Å²) in [5.74, 6) is -1.92. The van der Waals surface area contributed by atoms with Crippen molar-refractivity contribution in [3.8, 4) is 11.5 Å². The zero-order valence-corrected chi connectivity index (χ0v) is 20.2. The van der Waals surface area contributed by atoms with E-state index >= 15 is 0 Å². The third-order valence-corrected chi connectivity index (χ3v) is 6.44. The molecule has 11 heteroatoms. The van der Waals surface area contributed by atoms with Crippen LogP contribution in [0.3, 0.4) is 0 Å². The molecule has 2 aliphatic heterocycles. The number of rotatable bonds is 2. The quantitative estimate of drug-likeness (QED) is 0.647. The van der Waals surface area contributed by atoms with Gasteiger partial charge in [0.15, 0.2) is 5.69 Å². The Hall–Kier alpha value is -3.73. The van der Waals surface area contributed by atoms with Gasteiger partial charge >= 0.3 is 0 Å². The van der Waals surface area contributed by atoms with Crippen LogP contribution in [0.5, 0.6) is 11.5 Å². The number of likely N-dealkylation sites (N-methyl/N-ethyl adjacent to an activating group) is 1. The average Bonchev–Trinajstić information content (AvgIpc) is 3.05. The molecule has 2 bridgehead atoms. The van der Waals surface area contributed by atoms with Gasteiger partial charge in [-0.2, -0.15) is 0 Å². The molecule has 2 unspecified atom stereocenters. The van der Waals surface area contributed by atoms with Crippen molar-refractivity contribution in [2.75, 3.05) is 20.3 Å². The summed E-state index contributed by atoms with van der Waals surface area (Å²) in [7, 11) is 1.53. The lowest BCUT2D eigenvalue weighted by Crippen LogP contribution is -2.39. The van der Waals surface area contributed by atoms with Gasteiger partial charge in [0.25, 0.3) is 11.5 Å². The number of aromatic nitrogens is 2. The zero-order chi connectivity index (χ0) is 25.8. The summed E-state index contributed by atoms with van der Waals surface area (Å²) in [6.45, 7) is 2.42. The van der Waals surface area contributed by atoms with E-state index in [9.17, 15) is 23.9 Å². The average molecular weight is 501 g/mol. The number of benzene rings is 1. The van der Waals surface area contributed by atoms with Crippen LogP contribution in [0.4, 0.5) is 4.39 Å². The second-order valence-corrected chi connectivity index (χ2v) is 8.63. The second-order valence-electron chi connectivity index (χ2n) is 8.63. The van der Waals surface area contributed by atoms with Crippen LogP contribution < -0.4 is 15.6 Å². The standard InChI is InChI=1S/C25H29FN4O6/c1-3-29-18-10-9-17(35-2)14-30-23(18)28-21(22(32)25(30)34)24(33)27-13-15-7-8-16(26)12-19(15)36-11-5-4-6-20(29)31/h4,6-8,12,17-18,32H,3,5,9-11,13-14H2,1-2H3,(H,27,33). The normalized spacial score (nSPS) is 20.8. The van der Waals surface area contributed by atoms with Gasteiger partial charge in [-0.25, -0.2) is 9.37 Å². The number of nitrogens with one attached hydrogen (secondary N) is 1. The van der Waals surface area contributed by atoms with Crippen molar-refractivity contribution in [3.05, 3.63) is 63.6 Å². The minimum absolute atomic E-state index is 0.0431. The molecule has 0 saturated carbocycles. The fourth-order valence-electron chi connectivity index (χ4n) is 4.52. The molecule has 0 fully saturated rings. The molecule has 3 heterocycles. The van der Waals surface area contributed by atoms with Crippen LogP contribution >= 0.6 is 0 Å². The zero-order valence-electron chi connectivity index (χ0n) is 20.2. The Bertz CT molecular complexity index is 1240. The lowest BCUT2D eigenvalue weighted by molar-refractivity contribution is -0.128. The molecular formula is C25H29FN4O6. The molecule has 10 nitrogen and oxygen atoms in total. The maximum absolute atomic E-state index is 13.8. The number of carbonyl (C=O) groups excluding carboxylic acids is 2. The fraction of sp³-hybridized carbons (Fsp3) is 0.440. The van der Waals surface area contributed by atoms with Gasteiger partial charge in [0.1, 0.15) is 17.4 Å². The summed E-state index contributed by atoms with van der Waals surface area (Å²) in [6.07, 6.45) is 4.16. The molecule has 192 valence electrons. The molecule has 4 rings (SSSR count). The fourth-order valence-corrected chi connectivity index (χ4v) is 4.52. The van der Waals surface area contributed by atoms with E-state index in [4.69, 9.17) is 9.47 Å². The summed E-state index contributed by atoms with van der Waals surface area (Å²) in [4.78, 5) is 45.4. The smallest absolute Gasteiger partial charge is 0.296 e.